The minimum absolute atomic E-state index is 0.146. The standard InChI is InChI=1S/C26H37BrN4O4S/c1-18-9-10-19(2)23(15-18)31(36(34,35)29(7)8)17-24(32)30(16-21-11-13-22(27)14-12-21)20(3)25(33)28-26(4,5)6/h9-15,20H,16-17H2,1-8H3,(H,28,33)/t20-/m0/s1. The molecule has 198 valence electrons. The van der Waals surface area contributed by atoms with Crippen LogP contribution in [0.2, 0.25) is 0 Å². The van der Waals surface area contributed by atoms with Gasteiger partial charge < -0.3 is 10.2 Å². The molecule has 8 nitrogen and oxygen atoms in total. The molecule has 2 aromatic rings. The van der Waals surface area contributed by atoms with Crippen LogP contribution in [0.15, 0.2) is 46.9 Å². The van der Waals surface area contributed by atoms with E-state index in [0.717, 1.165) is 29.8 Å². The summed E-state index contributed by atoms with van der Waals surface area (Å²) in [6, 6.07) is 12.1. The van der Waals surface area contributed by atoms with Crippen molar-refractivity contribution in [1.29, 1.82) is 0 Å². The van der Waals surface area contributed by atoms with Gasteiger partial charge in [0.1, 0.15) is 12.6 Å². The molecule has 0 unspecified atom stereocenters. The minimum atomic E-state index is -4.00. The number of nitrogens with zero attached hydrogens (tertiary/aromatic N) is 3. The van der Waals surface area contributed by atoms with Gasteiger partial charge >= 0.3 is 10.2 Å². The fourth-order valence-electron chi connectivity index (χ4n) is 3.53. The molecule has 1 N–H and O–H groups in total. The lowest BCUT2D eigenvalue weighted by Crippen LogP contribution is -2.55. The van der Waals surface area contributed by atoms with E-state index in [1.165, 1.54) is 19.0 Å². The van der Waals surface area contributed by atoms with Crippen molar-refractivity contribution in [2.24, 2.45) is 0 Å². The summed E-state index contributed by atoms with van der Waals surface area (Å²) in [5.74, 6) is -0.803. The van der Waals surface area contributed by atoms with E-state index >= 15 is 0 Å². The van der Waals surface area contributed by atoms with Crippen molar-refractivity contribution < 1.29 is 18.0 Å². The number of anilines is 1. The normalized spacial score (nSPS) is 12.8. The van der Waals surface area contributed by atoms with Crippen molar-refractivity contribution in [3.8, 4) is 0 Å². The first-order valence-corrected chi connectivity index (χ1v) is 13.9. The van der Waals surface area contributed by atoms with Crippen LogP contribution in [0.4, 0.5) is 5.69 Å². The summed E-state index contributed by atoms with van der Waals surface area (Å²) in [5.41, 5.74) is 2.34. The van der Waals surface area contributed by atoms with E-state index in [9.17, 15) is 18.0 Å². The lowest BCUT2D eigenvalue weighted by atomic mass is 10.1. The highest BCUT2D eigenvalue weighted by atomic mass is 79.9. The Hall–Kier alpha value is -2.43. The number of benzene rings is 2. The molecular formula is C26H37BrN4O4S. The topological polar surface area (TPSA) is 90.0 Å². The predicted octanol–water partition coefficient (Wildman–Crippen LogP) is 4.01. The number of halogens is 1. The molecule has 2 rings (SSSR count). The van der Waals surface area contributed by atoms with Crippen LogP contribution >= 0.6 is 15.9 Å². The van der Waals surface area contributed by atoms with E-state index in [4.69, 9.17) is 0 Å². The second kappa shape index (κ2) is 11.7. The molecule has 0 aromatic heterocycles. The molecule has 2 aromatic carbocycles. The summed E-state index contributed by atoms with van der Waals surface area (Å²) in [6.45, 7) is 10.6. The number of hydrogen-bond acceptors (Lipinski definition) is 4. The van der Waals surface area contributed by atoms with Crippen LogP contribution in [-0.4, -0.2) is 61.7 Å². The number of aryl methyl sites for hydroxylation is 2. The van der Waals surface area contributed by atoms with Crippen LogP contribution in [0, 0.1) is 13.8 Å². The molecule has 10 heteroatoms. The van der Waals surface area contributed by atoms with Gasteiger partial charge in [-0.15, -0.1) is 0 Å². The van der Waals surface area contributed by atoms with Crippen molar-refractivity contribution in [2.45, 2.75) is 59.7 Å². The molecule has 0 aliphatic carbocycles. The number of rotatable bonds is 9. The summed E-state index contributed by atoms with van der Waals surface area (Å²) in [6.07, 6.45) is 0. The third-order valence-corrected chi connectivity index (χ3v) is 7.92. The first-order valence-electron chi connectivity index (χ1n) is 11.7. The summed E-state index contributed by atoms with van der Waals surface area (Å²) >= 11 is 3.41. The van der Waals surface area contributed by atoms with E-state index in [1.54, 1.807) is 19.9 Å². The smallest absolute Gasteiger partial charge is 0.304 e. The molecular weight excluding hydrogens is 544 g/mol. The predicted molar refractivity (Wildman–Crippen MR) is 148 cm³/mol. The SMILES string of the molecule is Cc1ccc(C)c(N(CC(=O)N(Cc2ccc(Br)cc2)[C@@H](C)C(=O)NC(C)(C)C)S(=O)(=O)N(C)C)c1. The Kier molecular flexibility index (Phi) is 9.72. The molecule has 0 spiro atoms. The first-order chi connectivity index (χ1) is 16.5. The van der Waals surface area contributed by atoms with Crippen molar-refractivity contribution >= 4 is 43.6 Å². The van der Waals surface area contributed by atoms with Crippen LogP contribution in [0.1, 0.15) is 44.4 Å². The Morgan fingerprint density at radius 2 is 1.61 bits per heavy atom. The maximum Gasteiger partial charge on any atom is 0.304 e. The molecule has 0 heterocycles. The van der Waals surface area contributed by atoms with Gasteiger partial charge in [0.15, 0.2) is 0 Å². The maximum atomic E-state index is 13.8. The molecule has 36 heavy (non-hydrogen) atoms. The summed E-state index contributed by atoms with van der Waals surface area (Å²) in [7, 11) is -1.15. The van der Waals surface area contributed by atoms with Crippen LogP contribution < -0.4 is 9.62 Å². The number of carbonyl (C=O) groups is 2. The van der Waals surface area contributed by atoms with Gasteiger partial charge in [-0.3, -0.25) is 9.59 Å². The highest BCUT2D eigenvalue weighted by Gasteiger charge is 2.34. The zero-order valence-corrected chi connectivity index (χ0v) is 24.7. The van der Waals surface area contributed by atoms with Gasteiger partial charge in [0.25, 0.3) is 0 Å². The molecule has 1 atom stereocenters. The Morgan fingerprint density at radius 3 is 2.14 bits per heavy atom. The quantitative estimate of drug-likeness (QED) is 0.485. The van der Waals surface area contributed by atoms with Crippen LogP contribution in [-0.2, 0) is 26.3 Å². The van der Waals surface area contributed by atoms with E-state index in [1.807, 2.05) is 64.1 Å². The fraction of sp³-hybridized carbons (Fsp3) is 0.462. The van der Waals surface area contributed by atoms with Gasteiger partial charge in [0.2, 0.25) is 11.8 Å². The Bertz CT molecular complexity index is 1190. The number of amides is 2. The minimum Gasteiger partial charge on any atom is -0.350 e. The molecule has 0 aliphatic heterocycles. The highest BCUT2D eigenvalue weighted by molar-refractivity contribution is 9.10. The van der Waals surface area contributed by atoms with Gasteiger partial charge in [0.05, 0.1) is 5.69 Å². The fourth-order valence-corrected chi connectivity index (χ4v) is 4.91. The molecule has 0 radical (unpaired) electrons. The lowest BCUT2D eigenvalue weighted by Gasteiger charge is -2.34. The lowest BCUT2D eigenvalue weighted by molar-refractivity contribution is -0.140. The maximum absolute atomic E-state index is 13.8. The van der Waals surface area contributed by atoms with Crippen molar-refractivity contribution in [3.63, 3.8) is 0 Å². The second-order valence-electron chi connectivity index (χ2n) is 10.2. The molecule has 2 amide bonds. The molecule has 0 saturated carbocycles. The highest BCUT2D eigenvalue weighted by Crippen LogP contribution is 2.26. The Labute approximate surface area is 224 Å². The van der Waals surface area contributed by atoms with Crippen molar-refractivity contribution in [3.05, 3.63) is 63.6 Å². The Balaban J connectivity index is 2.51. The summed E-state index contributed by atoms with van der Waals surface area (Å²) in [4.78, 5) is 28.3. The second-order valence-corrected chi connectivity index (χ2v) is 13.1. The van der Waals surface area contributed by atoms with Gasteiger partial charge in [-0.1, -0.05) is 40.2 Å². The molecule has 0 fully saturated rings. The number of hydrogen-bond donors (Lipinski definition) is 1. The number of carbonyl (C=O) groups excluding carboxylic acids is 2. The monoisotopic (exact) mass is 580 g/mol. The summed E-state index contributed by atoms with van der Waals surface area (Å²) < 4.78 is 29.8. The van der Waals surface area contributed by atoms with Gasteiger partial charge in [-0.05, 0) is 76.4 Å². The average molecular weight is 582 g/mol. The zero-order chi connectivity index (χ0) is 27.4. The van der Waals surface area contributed by atoms with Crippen molar-refractivity contribution in [1.82, 2.24) is 14.5 Å². The van der Waals surface area contributed by atoms with E-state index in [-0.39, 0.29) is 12.5 Å². The van der Waals surface area contributed by atoms with Crippen LogP contribution in [0.5, 0.6) is 0 Å². The van der Waals surface area contributed by atoms with Gasteiger partial charge in [0, 0.05) is 30.7 Å². The molecule has 0 saturated heterocycles. The van der Waals surface area contributed by atoms with E-state index in [2.05, 4.69) is 21.2 Å². The van der Waals surface area contributed by atoms with Crippen molar-refractivity contribution in [2.75, 3.05) is 24.9 Å². The summed E-state index contributed by atoms with van der Waals surface area (Å²) in [5, 5.41) is 2.92. The Morgan fingerprint density at radius 1 is 1.03 bits per heavy atom. The average Bonchev–Trinajstić information content (AvgIpc) is 2.76. The third-order valence-electron chi connectivity index (χ3n) is 5.58. The largest absolute Gasteiger partial charge is 0.350 e. The zero-order valence-electron chi connectivity index (χ0n) is 22.3. The molecule has 0 aliphatic rings. The van der Waals surface area contributed by atoms with E-state index < -0.39 is 34.2 Å². The van der Waals surface area contributed by atoms with Gasteiger partial charge in [-0.25, -0.2) is 4.31 Å². The van der Waals surface area contributed by atoms with Crippen LogP contribution in [0.3, 0.4) is 0 Å². The third kappa shape index (κ3) is 7.78. The molecule has 0 bridgehead atoms. The first kappa shape index (κ1) is 29.8. The van der Waals surface area contributed by atoms with Crippen LogP contribution in [0.25, 0.3) is 0 Å². The van der Waals surface area contributed by atoms with Gasteiger partial charge in [-0.2, -0.15) is 12.7 Å². The van der Waals surface area contributed by atoms with E-state index in [0.29, 0.717) is 5.69 Å². The number of nitrogens with one attached hydrogen (secondary N) is 1.